The van der Waals surface area contributed by atoms with Gasteiger partial charge in [0.05, 0.1) is 17.3 Å². The first-order valence-corrected chi connectivity index (χ1v) is 7.00. The Morgan fingerprint density at radius 2 is 2.00 bits per heavy atom. The van der Waals surface area contributed by atoms with E-state index in [-0.39, 0.29) is 28.5 Å². The minimum absolute atomic E-state index is 0.0657. The van der Waals surface area contributed by atoms with E-state index in [0.717, 1.165) is 10.2 Å². The predicted octanol–water partition coefficient (Wildman–Crippen LogP) is 2.43. The average Bonchev–Trinajstić information content (AvgIpc) is 2.49. The summed E-state index contributed by atoms with van der Waals surface area (Å²) in [5.74, 6) is -0.334. The largest absolute Gasteiger partial charge is 0.348 e. The molecular formula is C14H13Cl2N3O2. The fourth-order valence-electron chi connectivity index (χ4n) is 1.81. The average molecular weight is 326 g/mol. The Morgan fingerprint density at radius 3 is 2.67 bits per heavy atom. The third-order valence-electron chi connectivity index (χ3n) is 2.91. The van der Waals surface area contributed by atoms with Crippen molar-refractivity contribution in [2.24, 2.45) is 0 Å². The van der Waals surface area contributed by atoms with Gasteiger partial charge in [-0.25, -0.2) is 4.68 Å². The summed E-state index contributed by atoms with van der Waals surface area (Å²) in [5.41, 5.74) is 0.381. The molecule has 0 aliphatic carbocycles. The number of rotatable bonds is 4. The number of amides is 1. The van der Waals surface area contributed by atoms with Crippen LogP contribution in [0.25, 0.3) is 0 Å². The molecule has 1 atom stereocenters. The second-order valence-corrected chi connectivity index (χ2v) is 5.25. The molecule has 0 radical (unpaired) electrons. The number of aromatic nitrogens is 2. The predicted molar refractivity (Wildman–Crippen MR) is 81.5 cm³/mol. The molecule has 0 spiro atoms. The third-order valence-corrected chi connectivity index (χ3v) is 3.66. The molecule has 1 amide bonds. The minimum atomic E-state index is -0.591. The summed E-state index contributed by atoms with van der Waals surface area (Å²) >= 11 is 11.4. The molecule has 2 aromatic rings. The summed E-state index contributed by atoms with van der Waals surface area (Å²) < 4.78 is 0.973. The second-order valence-electron chi connectivity index (χ2n) is 4.47. The van der Waals surface area contributed by atoms with Gasteiger partial charge in [-0.2, -0.15) is 5.10 Å². The molecule has 1 heterocycles. The number of carbonyl (C=O) groups excluding carboxylic acids is 1. The Hall–Kier alpha value is -1.85. The lowest BCUT2D eigenvalue weighted by Gasteiger charge is -2.14. The molecule has 1 N–H and O–H groups in total. The highest BCUT2D eigenvalue weighted by atomic mass is 35.5. The minimum Gasteiger partial charge on any atom is -0.348 e. The van der Waals surface area contributed by atoms with Crippen LogP contribution < -0.4 is 10.9 Å². The van der Waals surface area contributed by atoms with Crippen molar-refractivity contribution in [3.63, 3.8) is 0 Å². The van der Waals surface area contributed by atoms with Crippen molar-refractivity contribution in [3.8, 4) is 0 Å². The number of hydrogen-bond donors (Lipinski definition) is 1. The van der Waals surface area contributed by atoms with E-state index < -0.39 is 5.56 Å². The second kappa shape index (κ2) is 6.74. The highest BCUT2D eigenvalue weighted by Crippen LogP contribution is 2.14. The fourth-order valence-corrected chi connectivity index (χ4v) is 2.08. The first kappa shape index (κ1) is 15.5. The first-order chi connectivity index (χ1) is 9.99. The molecule has 21 heavy (non-hydrogen) atoms. The summed E-state index contributed by atoms with van der Waals surface area (Å²) in [6, 6.07) is 9.34. The topological polar surface area (TPSA) is 64.0 Å². The van der Waals surface area contributed by atoms with Crippen LogP contribution in [0.3, 0.4) is 0 Å². The van der Waals surface area contributed by atoms with Gasteiger partial charge >= 0.3 is 0 Å². The molecule has 0 saturated carbocycles. The zero-order valence-corrected chi connectivity index (χ0v) is 12.7. The number of benzene rings is 1. The number of hydrogen-bond acceptors (Lipinski definition) is 3. The molecule has 0 unspecified atom stereocenters. The maximum absolute atomic E-state index is 12.0. The normalized spacial score (nSPS) is 12.0. The molecule has 0 bridgehead atoms. The lowest BCUT2D eigenvalue weighted by Crippen LogP contribution is -2.35. The number of nitrogens with zero attached hydrogens (tertiary/aromatic N) is 2. The molecule has 110 valence electrons. The van der Waals surface area contributed by atoms with Crippen molar-refractivity contribution in [1.29, 1.82) is 0 Å². The van der Waals surface area contributed by atoms with Gasteiger partial charge in [-0.3, -0.25) is 9.59 Å². The Labute approximate surface area is 131 Å². The zero-order chi connectivity index (χ0) is 15.4. The quantitative estimate of drug-likeness (QED) is 0.938. The molecule has 0 fully saturated rings. The lowest BCUT2D eigenvalue weighted by atomic mass is 10.1. The van der Waals surface area contributed by atoms with Crippen molar-refractivity contribution in [2.45, 2.75) is 19.5 Å². The van der Waals surface area contributed by atoms with Gasteiger partial charge in [-0.05, 0) is 12.5 Å². The highest BCUT2D eigenvalue weighted by molar-refractivity contribution is 6.41. The van der Waals surface area contributed by atoms with Crippen LogP contribution in [0, 0.1) is 0 Å². The van der Waals surface area contributed by atoms with Crippen LogP contribution in [0.15, 0.2) is 41.3 Å². The molecule has 2 rings (SSSR count). The molecule has 7 heteroatoms. The standard InChI is InChI=1S/C14H13Cl2N3O2/c1-9(10-5-3-2-4-6-10)18-12(20)8-19-14(21)13(16)11(15)7-17-19/h2-7,9H,8H2,1H3,(H,18,20)/t9-/m1/s1. The first-order valence-electron chi connectivity index (χ1n) is 6.24. The van der Waals surface area contributed by atoms with Crippen LogP contribution in [0.4, 0.5) is 0 Å². The summed E-state index contributed by atoms with van der Waals surface area (Å²) in [6.07, 6.45) is 1.24. The van der Waals surface area contributed by atoms with Crippen molar-refractivity contribution in [1.82, 2.24) is 15.1 Å². The van der Waals surface area contributed by atoms with Gasteiger partial charge in [0.15, 0.2) is 0 Å². The number of halogens is 2. The Bertz CT molecular complexity index is 701. The third kappa shape index (κ3) is 3.83. The van der Waals surface area contributed by atoms with Gasteiger partial charge < -0.3 is 5.32 Å². The number of carbonyl (C=O) groups is 1. The smallest absolute Gasteiger partial charge is 0.287 e. The van der Waals surface area contributed by atoms with Gasteiger partial charge in [0.2, 0.25) is 5.91 Å². The Kier molecular flexibility index (Phi) is 4.98. The Balaban J connectivity index is 2.06. The van der Waals surface area contributed by atoms with E-state index in [1.807, 2.05) is 37.3 Å². The van der Waals surface area contributed by atoms with Crippen LogP contribution in [-0.2, 0) is 11.3 Å². The maximum atomic E-state index is 12.0. The van der Waals surface area contributed by atoms with Gasteiger partial charge in [0.25, 0.3) is 5.56 Å². The van der Waals surface area contributed by atoms with Crippen LogP contribution >= 0.6 is 23.2 Å². The van der Waals surface area contributed by atoms with E-state index in [2.05, 4.69) is 10.4 Å². The fraction of sp³-hybridized carbons (Fsp3) is 0.214. The molecule has 1 aromatic carbocycles. The van der Waals surface area contributed by atoms with Crippen molar-refractivity contribution in [3.05, 3.63) is 62.5 Å². The van der Waals surface area contributed by atoms with Crippen molar-refractivity contribution < 1.29 is 4.79 Å². The van der Waals surface area contributed by atoms with E-state index >= 15 is 0 Å². The molecule has 5 nitrogen and oxygen atoms in total. The van der Waals surface area contributed by atoms with Gasteiger partial charge in [0, 0.05) is 0 Å². The molecular weight excluding hydrogens is 313 g/mol. The van der Waals surface area contributed by atoms with E-state index in [1.165, 1.54) is 6.20 Å². The molecule has 0 aliphatic heterocycles. The summed E-state index contributed by atoms with van der Waals surface area (Å²) in [6.45, 7) is 1.64. The molecule has 1 aromatic heterocycles. The van der Waals surface area contributed by atoms with E-state index in [0.29, 0.717) is 0 Å². The maximum Gasteiger partial charge on any atom is 0.287 e. The lowest BCUT2D eigenvalue weighted by molar-refractivity contribution is -0.122. The summed E-state index contributed by atoms with van der Waals surface area (Å²) in [4.78, 5) is 23.7. The van der Waals surface area contributed by atoms with Crippen LogP contribution in [0.2, 0.25) is 10.0 Å². The van der Waals surface area contributed by atoms with Crippen LogP contribution in [0.1, 0.15) is 18.5 Å². The van der Waals surface area contributed by atoms with Gasteiger partial charge in [0.1, 0.15) is 11.6 Å². The van der Waals surface area contributed by atoms with Crippen LogP contribution in [-0.4, -0.2) is 15.7 Å². The van der Waals surface area contributed by atoms with Crippen molar-refractivity contribution >= 4 is 29.1 Å². The summed E-state index contributed by atoms with van der Waals surface area (Å²) in [7, 11) is 0. The van der Waals surface area contributed by atoms with Gasteiger partial charge in [-0.15, -0.1) is 0 Å². The van der Waals surface area contributed by atoms with Gasteiger partial charge in [-0.1, -0.05) is 53.5 Å². The summed E-state index contributed by atoms with van der Waals surface area (Å²) in [5, 5.41) is 6.50. The van der Waals surface area contributed by atoms with Crippen molar-refractivity contribution in [2.75, 3.05) is 0 Å². The molecule has 0 saturated heterocycles. The zero-order valence-electron chi connectivity index (χ0n) is 11.2. The number of nitrogens with one attached hydrogen (secondary N) is 1. The highest BCUT2D eigenvalue weighted by Gasteiger charge is 2.13. The van der Waals surface area contributed by atoms with Crippen LogP contribution in [0.5, 0.6) is 0 Å². The van der Waals surface area contributed by atoms with E-state index in [4.69, 9.17) is 23.2 Å². The Morgan fingerprint density at radius 1 is 1.33 bits per heavy atom. The SMILES string of the molecule is C[C@@H](NC(=O)Cn1ncc(Cl)c(Cl)c1=O)c1ccccc1. The van der Waals surface area contributed by atoms with E-state index in [9.17, 15) is 9.59 Å². The monoisotopic (exact) mass is 325 g/mol. The molecule has 0 aliphatic rings. The van der Waals surface area contributed by atoms with E-state index in [1.54, 1.807) is 0 Å².